The van der Waals surface area contributed by atoms with E-state index >= 15 is 0 Å². The summed E-state index contributed by atoms with van der Waals surface area (Å²) in [4.78, 5) is 49.2. The van der Waals surface area contributed by atoms with Gasteiger partial charge in [0.15, 0.2) is 10.8 Å². The van der Waals surface area contributed by atoms with Gasteiger partial charge in [0.05, 0.1) is 28.3 Å². The van der Waals surface area contributed by atoms with E-state index < -0.39 is 22.9 Å². The van der Waals surface area contributed by atoms with Gasteiger partial charge in [0, 0.05) is 30.2 Å². The lowest BCUT2D eigenvalue weighted by molar-refractivity contribution is 0.0636. The van der Waals surface area contributed by atoms with Crippen molar-refractivity contribution < 1.29 is 9.53 Å². The molecule has 4 aromatic heterocycles. The summed E-state index contributed by atoms with van der Waals surface area (Å²) in [5.41, 5.74) is 1.59. The molecule has 1 fully saturated rings. The molecule has 0 saturated heterocycles. The Hall–Kier alpha value is -4.03. The van der Waals surface area contributed by atoms with Gasteiger partial charge in [-0.25, -0.2) is 14.6 Å². The molecule has 1 aliphatic carbocycles. The van der Waals surface area contributed by atoms with Gasteiger partial charge in [0.25, 0.3) is 5.56 Å². The molecule has 1 N–H and O–H groups in total. The molecular formula is C29H30ClN7O4S. The zero-order chi connectivity index (χ0) is 29.9. The first-order valence-electron chi connectivity index (χ1n) is 13.6. The van der Waals surface area contributed by atoms with E-state index in [1.165, 1.54) is 18.4 Å². The van der Waals surface area contributed by atoms with E-state index in [0.29, 0.717) is 49.9 Å². The van der Waals surface area contributed by atoms with Crippen LogP contribution < -0.4 is 16.6 Å². The van der Waals surface area contributed by atoms with Gasteiger partial charge in [-0.1, -0.05) is 22.9 Å². The zero-order valence-corrected chi connectivity index (χ0v) is 25.5. The summed E-state index contributed by atoms with van der Waals surface area (Å²) in [5.74, 6) is 0.373. The second-order valence-electron chi connectivity index (χ2n) is 11.6. The number of thiazole rings is 1. The number of aryl methyl sites for hydroxylation is 1. The van der Waals surface area contributed by atoms with Gasteiger partial charge in [-0.2, -0.15) is 5.10 Å². The molecular weight excluding hydrogens is 578 g/mol. The van der Waals surface area contributed by atoms with Gasteiger partial charge >= 0.3 is 11.8 Å². The van der Waals surface area contributed by atoms with Crippen LogP contribution in [0.4, 0.5) is 9.93 Å². The van der Waals surface area contributed by atoms with Gasteiger partial charge in [-0.05, 0) is 76.3 Å². The number of ether oxygens (including phenoxy) is 1. The summed E-state index contributed by atoms with van der Waals surface area (Å²) in [6.07, 6.45) is 3.15. The van der Waals surface area contributed by atoms with Crippen molar-refractivity contribution in [1.29, 1.82) is 0 Å². The fourth-order valence-electron chi connectivity index (χ4n) is 4.96. The molecule has 11 nitrogen and oxygen atoms in total. The number of fused-ring (bicyclic) bond motifs is 2. The highest BCUT2D eigenvalue weighted by Crippen LogP contribution is 2.38. The first-order valence-corrected chi connectivity index (χ1v) is 14.8. The number of carbonyl (C=O) groups excluding carboxylic acids is 1. The molecule has 1 amide bonds. The third kappa shape index (κ3) is 5.32. The van der Waals surface area contributed by atoms with Crippen LogP contribution in [-0.4, -0.2) is 40.6 Å². The van der Waals surface area contributed by atoms with Gasteiger partial charge < -0.3 is 4.74 Å². The van der Waals surface area contributed by atoms with Crippen LogP contribution in [0.1, 0.15) is 44.9 Å². The largest absolute Gasteiger partial charge is 0.444 e. The van der Waals surface area contributed by atoms with E-state index in [2.05, 4.69) is 15.3 Å². The van der Waals surface area contributed by atoms with Crippen molar-refractivity contribution in [2.45, 2.75) is 59.2 Å². The lowest BCUT2D eigenvalue weighted by Crippen LogP contribution is -2.38. The summed E-state index contributed by atoms with van der Waals surface area (Å²) >= 11 is 7.55. The fraction of sp³-hybridized carbons (Fsp3) is 0.379. The molecule has 42 heavy (non-hydrogen) atoms. The molecule has 218 valence electrons. The van der Waals surface area contributed by atoms with E-state index in [4.69, 9.17) is 21.4 Å². The minimum Gasteiger partial charge on any atom is -0.444 e. The van der Waals surface area contributed by atoms with Crippen LogP contribution in [0, 0.1) is 12.8 Å². The summed E-state index contributed by atoms with van der Waals surface area (Å²) < 4.78 is 9.88. The predicted molar refractivity (Wildman–Crippen MR) is 164 cm³/mol. The first-order chi connectivity index (χ1) is 19.9. The van der Waals surface area contributed by atoms with Gasteiger partial charge in [-0.3, -0.25) is 28.9 Å². The minimum atomic E-state index is -0.679. The summed E-state index contributed by atoms with van der Waals surface area (Å²) in [6.45, 7) is 7.91. The number of hydrogen-bond acceptors (Lipinski definition) is 8. The molecule has 0 bridgehead atoms. The molecule has 5 aromatic rings. The molecule has 1 aliphatic rings. The van der Waals surface area contributed by atoms with Crippen molar-refractivity contribution in [3.05, 3.63) is 67.6 Å². The number of nitrogens with zero attached hydrogens (tertiary/aromatic N) is 6. The maximum Gasteiger partial charge on any atom is 0.413 e. The van der Waals surface area contributed by atoms with Crippen LogP contribution in [0.2, 0.25) is 5.02 Å². The number of rotatable bonds is 6. The second kappa shape index (κ2) is 10.4. The number of anilines is 1. The van der Waals surface area contributed by atoms with Crippen LogP contribution in [0.15, 0.2) is 40.1 Å². The maximum absolute atomic E-state index is 13.7. The Morgan fingerprint density at radius 2 is 1.98 bits per heavy atom. The van der Waals surface area contributed by atoms with Crippen LogP contribution >= 0.6 is 22.9 Å². The molecule has 0 spiro atoms. The maximum atomic E-state index is 13.7. The van der Waals surface area contributed by atoms with E-state index in [1.807, 2.05) is 25.1 Å². The number of amides is 1. The van der Waals surface area contributed by atoms with Gasteiger partial charge in [0.1, 0.15) is 11.0 Å². The highest BCUT2D eigenvalue weighted by molar-refractivity contribution is 7.19. The summed E-state index contributed by atoms with van der Waals surface area (Å²) in [6, 6.07) is 7.38. The number of aromatic nitrogens is 6. The second-order valence-corrected chi connectivity index (χ2v) is 13.0. The molecule has 0 aliphatic heterocycles. The van der Waals surface area contributed by atoms with E-state index in [9.17, 15) is 14.4 Å². The Kier molecular flexibility index (Phi) is 6.93. The highest BCUT2D eigenvalue weighted by atomic mass is 35.5. The number of hydrogen-bond donors (Lipinski definition) is 1. The van der Waals surface area contributed by atoms with Crippen molar-refractivity contribution in [3.8, 4) is 10.6 Å². The van der Waals surface area contributed by atoms with E-state index in [1.54, 1.807) is 42.3 Å². The fourth-order valence-corrected chi connectivity index (χ4v) is 6.14. The predicted octanol–water partition coefficient (Wildman–Crippen LogP) is 5.34. The quantitative estimate of drug-likeness (QED) is 0.276. The van der Waals surface area contributed by atoms with Crippen molar-refractivity contribution in [2.24, 2.45) is 13.0 Å². The third-order valence-corrected chi connectivity index (χ3v) is 8.41. The molecule has 0 radical (unpaired) electrons. The lowest BCUT2D eigenvalue weighted by atomic mass is 10.1. The molecule has 1 aromatic carbocycles. The summed E-state index contributed by atoms with van der Waals surface area (Å²) in [5, 5.41) is 9.68. The highest BCUT2D eigenvalue weighted by Gasteiger charge is 2.29. The van der Waals surface area contributed by atoms with E-state index in [-0.39, 0.29) is 6.54 Å². The molecule has 13 heteroatoms. The van der Waals surface area contributed by atoms with Crippen molar-refractivity contribution in [3.63, 3.8) is 0 Å². The Labute approximate surface area is 249 Å². The Morgan fingerprint density at radius 1 is 1.21 bits per heavy atom. The average molecular weight is 608 g/mol. The minimum absolute atomic E-state index is 0.274. The van der Waals surface area contributed by atoms with Crippen LogP contribution in [0.25, 0.3) is 32.5 Å². The van der Waals surface area contributed by atoms with Gasteiger partial charge in [-0.15, -0.1) is 0 Å². The normalized spacial score (nSPS) is 13.7. The molecule has 0 atom stereocenters. The zero-order valence-electron chi connectivity index (χ0n) is 23.9. The Balaban J connectivity index is 1.56. The first kappa shape index (κ1) is 28.1. The summed E-state index contributed by atoms with van der Waals surface area (Å²) in [7, 11) is 1.49. The van der Waals surface area contributed by atoms with Crippen LogP contribution in [0.3, 0.4) is 0 Å². The third-order valence-electron chi connectivity index (χ3n) is 7.10. The van der Waals surface area contributed by atoms with E-state index in [0.717, 1.165) is 33.9 Å². The lowest BCUT2D eigenvalue weighted by Gasteiger charge is -2.18. The Bertz CT molecular complexity index is 2000. The molecule has 4 heterocycles. The molecule has 6 rings (SSSR count). The number of halogens is 1. The molecule has 0 unspecified atom stereocenters. The standard InChI is InChI=1S/C29H30ClN7O4S/c1-15-23(42-26(32-15)33-27(39)41-29(2,3)4)22-21-24(36(13-16-6-7-16)28(40)35(5)25(21)38)34-37(22)14-17-10-11-31-20-9-8-18(30)12-19(17)20/h8-12,16H,6-7,13-14H2,1-5H3,(H,32,33,39). The number of nitrogens with one attached hydrogen (secondary N) is 1. The van der Waals surface area contributed by atoms with Crippen LogP contribution in [0.5, 0.6) is 0 Å². The van der Waals surface area contributed by atoms with Crippen molar-refractivity contribution >= 4 is 56.1 Å². The number of carbonyl (C=O) groups is 1. The van der Waals surface area contributed by atoms with Crippen molar-refractivity contribution in [2.75, 3.05) is 5.32 Å². The monoisotopic (exact) mass is 607 g/mol. The SMILES string of the molecule is Cc1nc(NC(=O)OC(C)(C)C)sc1-c1c2c(=O)n(C)c(=O)n(CC3CC3)c2nn1Cc1ccnc2ccc(Cl)cc12. The molecule has 1 saturated carbocycles. The number of benzene rings is 1. The number of pyridine rings is 1. The van der Waals surface area contributed by atoms with Crippen LogP contribution in [-0.2, 0) is 24.9 Å². The topological polar surface area (TPSA) is 126 Å². The van der Waals surface area contributed by atoms with Crippen molar-refractivity contribution in [1.82, 2.24) is 28.9 Å². The average Bonchev–Trinajstić information content (AvgIpc) is 3.56. The van der Waals surface area contributed by atoms with Gasteiger partial charge in [0.2, 0.25) is 0 Å². The Morgan fingerprint density at radius 3 is 2.69 bits per heavy atom. The smallest absolute Gasteiger partial charge is 0.413 e.